The fourth-order valence-corrected chi connectivity index (χ4v) is 2.48. The molecular formula is C19H15FO6. The summed E-state index contributed by atoms with van der Waals surface area (Å²) in [5.41, 5.74) is 0.254. The van der Waals surface area contributed by atoms with Crippen LogP contribution in [0.5, 0.6) is 11.5 Å². The van der Waals surface area contributed by atoms with Crippen molar-refractivity contribution in [1.82, 2.24) is 0 Å². The minimum absolute atomic E-state index is 0.0298. The average molecular weight is 358 g/mol. The van der Waals surface area contributed by atoms with Gasteiger partial charge in [0.25, 0.3) is 0 Å². The van der Waals surface area contributed by atoms with Crippen molar-refractivity contribution < 1.29 is 27.8 Å². The van der Waals surface area contributed by atoms with Crippen LogP contribution in [0.15, 0.2) is 51.7 Å². The summed E-state index contributed by atoms with van der Waals surface area (Å²) in [7, 11) is 2.83. The quantitative estimate of drug-likeness (QED) is 0.515. The van der Waals surface area contributed by atoms with E-state index in [-0.39, 0.29) is 17.9 Å². The van der Waals surface area contributed by atoms with Gasteiger partial charge in [-0.3, -0.25) is 0 Å². The summed E-state index contributed by atoms with van der Waals surface area (Å²) >= 11 is 0. The average Bonchev–Trinajstić information content (AvgIpc) is 2.64. The molecule has 0 saturated heterocycles. The predicted octanol–water partition coefficient (Wildman–Crippen LogP) is 3.31. The van der Waals surface area contributed by atoms with E-state index in [1.807, 2.05) is 0 Å². The molecule has 3 rings (SSSR count). The van der Waals surface area contributed by atoms with Gasteiger partial charge in [0.05, 0.1) is 19.8 Å². The number of fused-ring (bicyclic) bond motifs is 1. The first-order chi connectivity index (χ1) is 12.5. The highest BCUT2D eigenvalue weighted by molar-refractivity contribution is 5.90. The third kappa shape index (κ3) is 3.51. The maximum atomic E-state index is 13.7. The van der Waals surface area contributed by atoms with Gasteiger partial charge in [-0.1, -0.05) is 0 Å². The molecule has 2 aromatic carbocycles. The summed E-state index contributed by atoms with van der Waals surface area (Å²) in [5.74, 6) is -0.827. The molecule has 7 heteroatoms. The molecule has 0 spiro atoms. The highest BCUT2D eigenvalue weighted by Gasteiger charge is 2.13. The summed E-state index contributed by atoms with van der Waals surface area (Å²) in [5, 5.41) is 0.610. The number of hydrogen-bond acceptors (Lipinski definition) is 6. The summed E-state index contributed by atoms with van der Waals surface area (Å²) < 4.78 is 34.0. The number of hydrogen-bond donors (Lipinski definition) is 0. The fraction of sp³-hybridized carbons (Fsp3) is 0.158. The van der Waals surface area contributed by atoms with Crippen LogP contribution in [0.3, 0.4) is 0 Å². The van der Waals surface area contributed by atoms with E-state index in [4.69, 9.17) is 18.6 Å². The first kappa shape index (κ1) is 17.5. The molecule has 6 nitrogen and oxygen atoms in total. The number of esters is 1. The van der Waals surface area contributed by atoms with E-state index in [1.165, 1.54) is 32.4 Å². The van der Waals surface area contributed by atoms with Crippen LogP contribution in [-0.4, -0.2) is 20.2 Å². The largest absolute Gasteiger partial charge is 0.497 e. The topological polar surface area (TPSA) is 75.0 Å². The zero-order valence-corrected chi connectivity index (χ0v) is 14.1. The van der Waals surface area contributed by atoms with Crippen molar-refractivity contribution in [3.63, 3.8) is 0 Å². The van der Waals surface area contributed by atoms with Gasteiger partial charge in [-0.15, -0.1) is 0 Å². The molecule has 1 heterocycles. The van der Waals surface area contributed by atoms with Gasteiger partial charge in [0.2, 0.25) is 0 Å². The van der Waals surface area contributed by atoms with E-state index in [0.29, 0.717) is 22.3 Å². The van der Waals surface area contributed by atoms with Crippen molar-refractivity contribution in [3.8, 4) is 11.5 Å². The van der Waals surface area contributed by atoms with Crippen LogP contribution < -0.4 is 15.1 Å². The zero-order valence-electron chi connectivity index (χ0n) is 14.1. The Hall–Kier alpha value is -3.35. The van der Waals surface area contributed by atoms with Crippen molar-refractivity contribution in [2.45, 2.75) is 6.61 Å². The molecule has 26 heavy (non-hydrogen) atoms. The van der Waals surface area contributed by atoms with Crippen LogP contribution in [0, 0.1) is 5.82 Å². The van der Waals surface area contributed by atoms with Crippen molar-refractivity contribution in [2.75, 3.05) is 14.2 Å². The Bertz CT molecular complexity index is 1020. The molecule has 0 aliphatic heterocycles. The molecule has 0 aliphatic carbocycles. The Balaban J connectivity index is 1.84. The van der Waals surface area contributed by atoms with E-state index in [0.717, 1.165) is 6.07 Å². The van der Waals surface area contributed by atoms with E-state index in [1.54, 1.807) is 18.2 Å². The lowest BCUT2D eigenvalue weighted by molar-refractivity contribution is 0.0473. The molecule has 0 bridgehead atoms. The maximum absolute atomic E-state index is 13.7. The lowest BCUT2D eigenvalue weighted by atomic mass is 10.1. The second-order valence-corrected chi connectivity index (χ2v) is 5.38. The first-order valence-corrected chi connectivity index (χ1v) is 7.63. The van der Waals surface area contributed by atoms with Gasteiger partial charge in [-0.25, -0.2) is 14.0 Å². The number of carbonyl (C=O) groups is 1. The SMILES string of the molecule is COc1ccc2c(COC(=O)c3ccc(OC)c(F)c3)cc(=O)oc2c1. The van der Waals surface area contributed by atoms with E-state index >= 15 is 0 Å². The molecule has 0 aliphatic rings. The van der Waals surface area contributed by atoms with Crippen molar-refractivity contribution in [2.24, 2.45) is 0 Å². The Labute approximate surface area is 147 Å². The van der Waals surface area contributed by atoms with Crippen LogP contribution in [-0.2, 0) is 11.3 Å². The molecule has 0 radical (unpaired) electrons. The van der Waals surface area contributed by atoms with E-state index in [9.17, 15) is 14.0 Å². The smallest absolute Gasteiger partial charge is 0.338 e. The molecule has 134 valence electrons. The highest BCUT2D eigenvalue weighted by Crippen LogP contribution is 2.23. The van der Waals surface area contributed by atoms with Crippen LogP contribution >= 0.6 is 0 Å². The van der Waals surface area contributed by atoms with Gasteiger partial charge < -0.3 is 18.6 Å². The Morgan fingerprint density at radius 2 is 1.88 bits per heavy atom. The highest BCUT2D eigenvalue weighted by atomic mass is 19.1. The Morgan fingerprint density at radius 3 is 2.58 bits per heavy atom. The number of rotatable bonds is 5. The summed E-state index contributed by atoms with van der Waals surface area (Å²) in [6.45, 7) is -0.166. The van der Waals surface area contributed by atoms with Gasteiger partial charge >= 0.3 is 11.6 Å². The van der Waals surface area contributed by atoms with Gasteiger partial charge in [0.1, 0.15) is 17.9 Å². The lowest BCUT2D eigenvalue weighted by Gasteiger charge is -2.09. The third-order valence-electron chi connectivity index (χ3n) is 3.78. The standard InChI is InChI=1S/C19H15FO6/c1-23-13-4-5-14-12(8-18(21)26-17(14)9-13)10-25-19(22)11-3-6-16(24-2)15(20)7-11/h3-9H,10H2,1-2H3. The Kier molecular flexibility index (Phi) is 4.88. The molecule has 3 aromatic rings. The second kappa shape index (κ2) is 7.26. The van der Waals surface area contributed by atoms with Crippen molar-refractivity contribution in [1.29, 1.82) is 0 Å². The summed E-state index contributed by atoms with van der Waals surface area (Å²) in [6.07, 6.45) is 0. The minimum atomic E-state index is -0.721. The number of methoxy groups -OCH3 is 2. The first-order valence-electron chi connectivity index (χ1n) is 7.63. The number of halogens is 1. The van der Waals surface area contributed by atoms with Gasteiger partial charge in [0.15, 0.2) is 11.6 Å². The van der Waals surface area contributed by atoms with Crippen molar-refractivity contribution in [3.05, 3.63) is 69.8 Å². The molecule has 0 saturated carbocycles. The van der Waals surface area contributed by atoms with Gasteiger partial charge in [-0.2, -0.15) is 0 Å². The summed E-state index contributed by atoms with van der Waals surface area (Å²) in [6, 6.07) is 9.98. The number of ether oxygens (including phenoxy) is 3. The number of benzene rings is 2. The van der Waals surface area contributed by atoms with Gasteiger partial charge in [0, 0.05) is 23.1 Å². The third-order valence-corrected chi connectivity index (χ3v) is 3.78. The monoisotopic (exact) mass is 358 g/mol. The predicted molar refractivity (Wildman–Crippen MR) is 91.1 cm³/mol. The molecule has 0 atom stereocenters. The molecular weight excluding hydrogens is 343 g/mol. The molecule has 0 N–H and O–H groups in total. The minimum Gasteiger partial charge on any atom is -0.497 e. The zero-order chi connectivity index (χ0) is 18.7. The molecule has 0 amide bonds. The Morgan fingerprint density at radius 1 is 1.08 bits per heavy atom. The van der Waals surface area contributed by atoms with Crippen LogP contribution in [0.1, 0.15) is 15.9 Å². The van der Waals surface area contributed by atoms with Crippen LogP contribution in [0.2, 0.25) is 0 Å². The van der Waals surface area contributed by atoms with Crippen LogP contribution in [0.25, 0.3) is 11.0 Å². The van der Waals surface area contributed by atoms with Crippen LogP contribution in [0.4, 0.5) is 4.39 Å². The normalized spacial score (nSPS) is 10.6. The molecule has 0 fully saturated rings. The van der Waals surface area contributed by atoms with E-state index < -0.39 is 17.4 Å². The molecule has 1 aromatic heterocycles. The summed E-state index contributed by atoms with van der Waals surface area (Å²) in [4.78, 5) is 23.9. The van der Waals surface area contributed by atoms with Crippen molar-refractivity contribution >= 4 is 16.9 Å². The van der Waals surface area contributed by atoms with Gasteiger partial charge in [-0.05, 0) is 30.3 Å². The lowest BCUT2D eigenvalue weighted by Crippen LogP contribution is -2.08. The second-order valence-electron chi connectivity index (χ2n) is 5.38. The maximum Gasteiger partial charge on any atom is 0.338 e. The molecule has 0 unspecified atom stereocenters. The van der Waals surface area contributed by atoms with E-state index in [2.05, 4.69) is 0 Å². The number of carbonyl (C=O) groups excluding carboxylic acids is 1. The fourth-order valence-electron chi connectivity index (χ4n) is 2.48.